The number of rotatable bonds is 2. The fourth-order valence-corrected chi connectivity index (χ4v) is 2.13. The molecule has 1 aliphatic carbocycles. The van der Waals surface area contributed by atoms with Gasteiger partial charge < -0.3 is 4.42 Å². The van der Waals surface area contributed by atoms with E-state index < -0.39 is 0 Å². The SMILES string of the molecule is Cc1ccc(C(=O)C2CCCCC2)o1. The van der Waals surface area contributed by atoms with Crippen molar-refractivity contribution in [3.05, 3.63) is 23.7 Å². The molecule has 2 nitrogen and oxygen atoms in total. The van der Waals surface area contributed by atoms with Crippen molar-refractivity contribution in [3.8, 4) is 0 Å². The van der Waals surface area contributed by atoms with Crippen molar-refractivity contribution in [3.63, 3.8) is 0 Å². The molecule has 0 aliphatic heterocycles. The molecule has 1 aromatic rings. The monoisotopic (exact) mass is 192 g/mol. The van der Waals surface area contributed by atoms with Gasteiger partial charge in [-0.05, 0) is 31.9 Å². The summed E-state index contributed by atoms with van der Waals surface area (Å²) in [5.41, 5.74) is 0. The van der Waals surface area contributed by atoms with E-state index in [9.17, 15) is 4.79 Å². The van der Waals surface area contributed by atoms with Crippen molar-refractivity contribution in [2.75, 3.05) is 0 Å². The Kier molecular flexibility index (Phi) is 2.71. The van der Waals surface area contributed by atoms with Crippen LogP contribution in [0.2, 0.25) is 0 Å². The van der Waals surface area contributed by atoms with Gasteiger partial charge in [-0.1, -0.05) is 19.3 Å². The van der Waals surface area contributed by atoms with E-state index in [0.717, 1.165) is 18.6 Å². The second kappa shape index (κ2) is 3.99. The van der Waals surface area contributed by atoms with Gasteiger partial charge in [0.05, 0.1) is 0 Å². The smallest absolute Gasteiger partial charge is 0.201 e. The summed E-state index contributed by atoms with van der Waals surface area (Å²) >= 11 is 0. The zero-order valence-electron chi connectivity index (χ0n) is 8.58. The molecular weight excluding hydrogens is 176 g/mol. The molecular formula is C12H16O2. The van der Waals surface area contributed by atoms with E-state index in [-0.39, 0.29) is 11.7 Å². The molecule has 1 heterocycles. The van der Waals surface area contributed by atoms with Crippen LogP contribution < -0.4 is 0 Å². The molecule has 1 saturated carbocycles. The summed E-state index contributed by atoms with van der Waals surface area (Å²) in [5, 5.41) is 0. The van der Waals surface area contributed by atoms with Crippen LogP contribution >= 0.6 is 0 Å². The summed E-state index contributed by atoms with van der Waals surface area (Å²) < 4.78 is 5.35. The molecule has 0 amide bonds. The average molecular weight is 192 g/mol. The van der Waals surface area contributed by atoms with E-state index in [1.54, 1.807) is 6.07 Å². The van der Waals surface area contributed by atoms with Crippen molar-refractivity contribution in [2.24, 2.45) is 5.92 Å². The minimum absolute atomic E-state index is 0.206. The minimum atomic E-state index is 0.206. The molecule has 0 atom stereocenters. The van der Waals surface area contributed by atoms with E-state index in [2.05, 4.69) is 0 Å². The van der Waals surface area contributed by atoms with Gasteiger partial charge in [0, 0.05) is 5.92 Å². The molecule has 0 N–H and O–H groups in total. The van der Waals surface area contributed by atoms with Crippen LogP contribution in [0.4, 0.5) is 0 Å². The molecule has 1 aromatic heterocycles. The number of ketones is 1. The topological polar surface area (TPSA) is 30.2 Å². The molecule has 0 radical (unpaired) electrons. The average Bonchev–Trinajstić information content (AvgIpc) is 2.65. The molecule has 2 heteroatoms. The molecule has 0 bridgehead atoms. The van der Waals surface area contributed by atoms with Gasteiger partial charge in [0.1, 0.15) is 5.76 Å². The number of hydrogen-bond acceptors (Lipinski definition) is 2. The lowest BCUT2D eigenvalue weighted by Gasteiger charge is -2.18. The molecule has 76 valence electrons. The first-order valence-electron chi connectivity index (χ1n) is 5.38. The van der Waals surface area contributed by atoms with E-state index in [4.69, 9.17) is 4.42 Å². The lowest BCUT2D eigenvalue weighted by atomic mass is 9.85. The van der Waals surface area contributed by atoms with Crippen LogP contribution in [0.25, 0.3) is 0 Å². The van der Waals surface area contributed by atoms with Crippen LogP contribution in [0.3, 0.4) is 0 Å². The van der Waals surface area contributed by atoms with Crippen LogP contribution in [0, 0.1) is 12.8 Å². The number of carbonyl (C=O) groups excluding carboxylic acids is 1. The first-order valence-corrected chi connectivity index (χ1v) is 5.38. The molecule has 0 aromatic carbocycles. The number of furan rings is 1. The molecule has 14 heavy (non-hydrogen) atoms. The number of Topliss-reactive ketones (excluding diaryl/α,β-unsaturated/α-hetero) is 1. The van der Waals surface area contributed by atoms with Crippen LogP contribution in [0.15, 0.2) is 16.5 Å². The highest BCUT2D eigenvalue weighted by molar-refractivity contribution is 5.95. The van der Waals surface area contributed by atoms with Gasteiger partial charge in [-0.15, -0.1) is 0 Å². The second-order valence-electron chi connectivity index (χ2n) is 4.11. The van der Waals surface area contributed by atoms with Gasteiger partial charge in [-0.3, -0.25) is 4.79 Å². The van der Waals surface area contributed by atoms with Gasteiger partial charge in [-0.25, -0.2) is 0 Å². The molecule has 0 saturated heterocycles. The van der Waals surface area contributed by atoms with Crippen LogP contribution in [-0.4, -0.2) is 5.78 Å². The third kappa shape index (κ3) is 1.89. The number of carbonyl (C=O) groups is 1. The van der Waals surface area contributed by atoms with Crippen LogP contribution in [0.1, 0.15) is 48.4 Å². The quantitative estimate of drug-likeness (QED) is 0.672. The summed E-state index contributed by atoms with van der Waals surface area (Å²) in [6.45, 7) is 1.87. The van der Waals surface area contributed by atoms with E-state index in [1.807, 2.05) is 13.0 Å². The Morgan fingerprint density at radius 2 is 2.00 bits per heavy atom. The highest BCUT2D eigenvalue weighted by atomic mass is 16.3. The molecule has 0 spiro atoms. The van der Waals surface area contributed by atoms with E-state index in [0.29, 0.717) is 5.76 Å². The van der Waals surface area contributed by atoms with Crippen molar-refractivity contribution in [2.45, 2.75) is 39.0 Å². The summed E-state index contributed by atoms with van der Waals surface area (Å²) in [6, 6.07) is 3.66. The van der Waals surface area contributed by atoms with Gasteiger partial charge in [0.15, 0.2) is 5.76 Å². The molecule has 2 rings (SSSR count). The van der Waals surface area contributed by atoms with Crippen molar-refractivity contribution < 1.29 is 9.21 Å². The standard InChI is InChI=1S/C12H16O2/c1-9-7-8-11(14-9)12(13)10-5-3-2-4-6-10/h7-8,10H,2-6H2,1H3. The maximum absolute atomic E-state index is 11.9. The van der Waals surface area contributed by atoms with Gasteiger partial charge in [0.2, 0.25) is 5.78 Å². The highest BCUT2D eigenvalue weighted by Gasteiger charge is 2.24. The van der Waals surface area contributed by atoms with Crippen LogP contribution in [0.5, 0.6) is 0 Å². The number of hydrogen-bond donors (Lipinski definition) is 0. The summed E-state index contributed by atoms with van der Waals surface area (Å²) in [5.74, 6) is 1.80. The first kappa shape index (κ1) is 9.50. The molecule has 1 fully saturated rings. The summed E-state index contributed by atoms with van der Waals surface area (Å²) in [7, 11) is 0. The second-order valence-corrected chi connectivity index (χ2v) is 4.11. The highest BCUT2D eigenvalue weighted by Crippen LogP contribution is 2.27. The maximum Gasteiger partial charge on any atom is 0.201 e. The first-order chi connectivity index (χ1) is 6.77. The Hall–Kier alpha value is -1.05. The Morgan fingerprint density at radius 3 is 2.57 bits per heavy atom. The van der Waals surface area contributed by atoms with Crippen LogP contribution in [-0.2, 0) is 0 Å². The normalized spacial score (nSPS) is 18.4. The third-order valence-electron chi connectivity index (χ3n) is 2.96. The third-order valence-corrected chi connectivity index (χ3v) is 2.96. The Morgan fingerprint density at radius 1 is 1.29 bits per heavy atom. The zero-order chi connectivity index (χ0) is 9.97. The Labute approximate surface area is 84.3 Å². The van der Waals surface area contributed by atoms with Gasteiger partial charge >= 0.3 is 0 Å². The van der Waals surface area contributed by atoms with Gasteiger partial charge in [0.25, 0.3) is 0 Å². The fourth-order valence-electron chi connectivity index (χ4n) is 2.13. The van der Waals surface area contributed by atoms with Crippen molar-refractivity contribution >= 4 is 5.78 Å². The fraction of sp³-hybridized carbons (Fsp3) is 0.583. The van der Waals surface area contributed by atoms with Crippen molar-refractivity contribution in [1.29, 1.82) is 0 Å². The van der Waals surface area contributed by atoms with E-state index >= 15 is 0 Å². The molecule has 1 aliphatic rings. The minimum Gasteiger partial charge on any atom is -0.458 e. The zero-order valence-corrected chi connectivity index (χ0v) is 8.58. The molecule has 0 unspecified atom stereocenters. The lowest BCUT2D eigenvalue weighted by molar-refractivity contribution is 0.0859. The van der Waals surface area contributed by atoms with Crippen molar-refractivity contribution in [1.82, 2.24) is 0 Å². The predicted molar refractivity (Wildman–Crippen MR) is 54.4 cm³/mol. The van der Waals surface area contributed by atoms with Gasteiger partial charge in [-0.2, -0.15) is 0 Å². The van der Waals surface area contributed by atoms with E-state index in [1.165, 1.54) is 19.3 Å². The predicted octanol–water partition coefficient (Wildman–Crippen LogP) is 3.35. The Balaban J connectivity index is 2.07. The maximum atomic E-state index is 11.9. The Bertz CT molecular complexity index is 319. The lowest BCUT2D eigenvalue weighted by Crippen LogP contribution is -2.17. The largest absolute Gasteiger partial charge is 0.458 e. The summed E-state index contributed by atoms with van der Waals surface area (Å²) in [4.78, 5) is 11.9. The number of aryl methyl sites for hydroxylation is 1. The summed E-state index contributed by atoms with van der Waals surface area (Å²) in [6.07, 6.45) is 5.74.